The Labute approximate surface area is 82.3 Å². The number of aliphatic imine (C=N–C) groups is 1. The maximum atomic E-state index is 4.37. The molecule has 0 aromatic heterocycles. The van der Waals surface area contributed by atoms with Gasteiger partial charge in [-0.15, -0.1) is 0 Å². The maximum absolute atomic E-state index is 4.37. The molecular weight excluding hydrogens is 158 g/mol. The molecule has 0 aliphatic rings. The lowest BCUT2D eigenvalue weighted by atomic mass is 9.80. The highest BCUT2D eigenvalue weighted by Crippen LogP contribution is 2.31. The maximum Gasteiger partial charge on any atom is 0.0369 e. The first-order valence-corrected chi connectivity index (χ1v) is 4.65. The molecule has 0 aliphatic carbocycles. The van der Waals surface area contributed by atoms with Crippen LogP contribution in [0.4, 0.5) is 0 Å². The molecule has 0 rings (SSSR count). The molecule has 74 valence electrons. The third-order valence-corrected chi connectivity index (χ3v) is 2.41. The minimum atomic E-state index is 0.224. The first-order chi connectivity index (χ1) is 5.79. The summed E-state index contributed by atoms with van der Waals surface area (Å²) in [7, 11) is 0. The van der Waals surface area contributed by atoms with Gasteiger partial charge < -0.3 is 0 Å². The number of nitrogens with zero attached hydrogens (tertiary/aromatic N) is 1. The third-order valence-electron chi connectivity index (χ3n) is 2.41. The average Bonchev–Trinajstić information content (AvgIpc) is 2.01. The van der Waals surface area contributed by atoms with E-state index in [2.05, 4.69) is 45.8 Å². The lowest BCUT2D eigenvalue weighted by molar-refractivity contribution is 0.299. The summed E-state index contributed by atoms with van der Waals surface area (Å²) in [6.07, 6.45) is 1.75. The van der Waals surface area contributed by atoms with Gasteiger partial charge in [0.05, 0.1) is 0 Å². The first-order valence-electron chi connectivity index (χ1n) is 4.65. The van der Waals surface area contributed by atoms with Gasteiger partial charge in [0.15, 0.2) is 0 Å². The molecule has 1 nitrogen and oxygen atoms in total. The highest BCUT2D eigenvalue weighted by atomic mass is 14.8. The van der Waals surface area contributed by atoms with Crippen molar-refractivity contribution in [1.29, 1.82) is 0 Å². The zero-order chi connectivity index (χ0) is 10.6. The van der Waals surface area contributed by atoms with E-state index in [1.807, 2.05) is 6.92 Å². The Hall–Kier alpha value is -0.850. The SMILES string of the molecule is C=CC(C)=NC(=C)C(C)C(C)(C)C. The zero-order valence-corrected chi connectivity index (χ0v) is 9.52. The second kappa shape index (κ2) is 4.40. The highest BCUT2D eigenvalue weighted by Gasteiger charge is 2.22. The van der Waals surface area contributed by atoms with E-state index < -0.39 is 0 Å². The number of allylic oxidation sites excluding steroid dienone is 2. The van der Waals surface area contributed by atoms with Crippen LogP contribution in [0.15, 0.2) is 29.9 Å². The minimum Gasteiger partial charge on any atom is -0.259 e. The molecule has 0 aliphatic heterocycles. The Morgan fingerprint density at radius 2 is 1.85 bits per heavy atom. The molecule has 0 aromatic carbocycles. The van der Waals surface area contributed by atoms with E-state index in [4.69, 9.17) is 0 Å². The summed E-state index contributed by atoms with van der Waals surface area (Å²) in [5.74, 6) is 0.391. The quantitative estimate of drug-likeness (QED) is 0.584. The molecule has 0 heterocycles. The molecular formula is C12H21N. The molecule has 0 saturated carbocycles. The van der Waals surface area contributed by atoms with Gasteiger partial charge in [0.1, 0.15) is 0 Å². The van der Waals surface area contributed by atoms with Gasteiger partial charge >= 0.3 is 0 Å². The second-order valence-corrected chi connectivity index (χ2v) is 4.54. The Morgan fingerprint density at radius 1 is 1.38 bits per heavy atom. The third kappa shape index (κ3) is 4.07. The fourth-order valence-corrected chi connectivity index (χ4v) is 0.869. The fourth-order valence-electron chi connectivity index (χ4n) is 0.869. The zero-order valence-electron chi connectivity index (χ0n) is 9.52. The van der Waals surface area contributed by atoms with Gasteiger partial charge in [0, 0.05) is 17.3 Å². The van der Waals surface area contributed by atoms with Crippen LogP contribution in [0, 0.1) is 11.3 Å². The summed E-state index contributed by atoms with van der Waals surface area (Å²) >= 11 is 0. The molecule has 0 amide bonds. The van der Waals surface area contributed by atoms with Gasteiger partial charge in [-0.25, -0.2) is 0 Å². The standard InChI is InChI=1S/C12H21N/c1-8-9(2)13-11(4)10(3)12(5,6)7/h8,10H,1,4H2,2-3,5-7H3. The van der Waals surface area contributed by atoms with Gasteiger partial charge in [-0.05, 0) is 18.4 Å². The topological polar surface area (TPSA) is 12.4 Å². The van der Waals surface area contributed by atoms with Crippen molar-refractivity contribution < 1.29 is 0 Å². The van der Waals surface area contributed by atoms with Crippen LogP contribution in [0.2, 0.25) is 0 Å². The minimum absolute atomic E-state index is 0.224. The predicted molar refractivity (Wildman–Crippen MR) is 61.1 cm³/mol. The molecule has 13 heavy (non-hydrogen) atoms. The summed E-state index contributed by atoms with van der Waals surface area (Å²) in [5, 5.41) is 0. The van der Waals surface area contributed by atoms with Crippen LogP contribution in [-0.2, 0) is 0 Å². The molecule has 1 atom stereocenters. The van der Waals surface area contributed by atoms with Crippen LogP contribution in [0.3, 0.4) is 0 Å². The largest absolute Gasteiger partial charge is 0.259 e. The molecule has 1 unspecified atom stereocenters. The lowest BCUT2D eigenvalue weighted by Crippen LogP contribution is -2.18. The van der Waals surface area contributed by atoms with Crippen LogP contribution in [0.25, 0.3) is 0 Å². The van der Waals surface area contributed by atoms with Gasteiger partial charge in [-0.2, -0.15) is 0 Å². The Balaban J connectivity index is 4.54. The van der Waals surface area contributed by atoms with Crippen molar-refractivity contribution >= 4 is 5.71 Å². The molecule has 0 saturated heterocycles. The molecule has 0 aromatic rings. The van der Waals surface area contributed by atoms with Crippen molar-refractivity contribution in [2.75, 3.05) is 0 Å². The van der Waals surface area contributed by atoms with Crippen molar-refractivity contribution in [3.63, 3.8) is 0 Å². The van der Waals surface area contributed by atoms with E-state index in [-0.39, 0.29) is 5.41 Å². The van der Waals surface area contributed by atoms with Gasteiger partial charge in [-0.1, -0.05) is 40.9 Å². The van der Waals surface area contributed by atoms with Crippen molar-refractivity contribution in [3.8, 4) is 0 Å². The molecule has 0 bridgehead atoms. The van der Waals surface area contributed by atoms with E-state index in [0.717, 1.165) is 11.4 Å². The summed E-state index contributed by atoms with van der Waals surface area (Å²) in [6.45, 7) is 18.3. The summed E-state index contributed by atoms with van der Waals surface area (Å²) in [5.41, 5.74) is 2.09. The molecule has 0 fully saturated rings. The van der Waals surface area contributed by atoms with Crippen LogP contribution in [0.1, 0.15) is 34.6 Å². The van der Waals surface area contributed by atoms with E-state index in [1.54, 1.807) is 6.08 Å². The van der Waals surface area contributed by atoms with Crippen molar-refractivity contribution in [1.82, 2.24) is 0 Å². The molecule has 1 heteroatoms. The number of hydrogen-bond acceptors (Lipinski definition) is 1. The van der Waals surface area contributed by atoms with E-state index >= 15 is 0 Å². The molecule has 0 spiro atoms. The Morgan fingerprint density at radius 3 is 2.15 bits per heavy atom. The molecule has 0 N–H and O–H groups in total. The van der Waals surface area contributed by atoms with Crippen LogP contribution >= 0.6 is 0 Å². The summed E-state index contributed by atoms with van der Waals surface area (Å²) < 4.78 is 0. The average molecular weight is 179 g/mol. The van der Waals surface area contributed by atoms with E-state index in [1.165, 1.54) is 0 Å². The van der Waals surface area contributed by atoms with Crippen molar-refractivity contribution in [2.45, 2.75) is 34.6 Å². The first kappa shape index (κ1) is 12.2. The van der Waals surface area contributed by atoms with Gasteiger partial charge in [0.2, 0.25) is 0 Å². The smallest absolute Gasteiger partial charge is 0.0369 e. The summed E-state index contributed by atoms with van der Waals surface area (Å²) in [6, 6.07) is 0. The van der Waals surface area contributed by atoms with Crippen LogP contribution in [-0.4, -0.2) is 5.71 Å². The van der Waals surface area contributed by atoms with Crippen LogP contribution < -0.4 is 0 Å². The van der Waals surface area contributed by atoms with E-state index in [0.29, 0.717) is 5.92 Å². The van der Waals surface area contributed by atoms with Crippen molar-refractivity contribution in [2.24, 2.45) is 16.3 Å². The highest BCUT2D eigenvalue weighted by molar-refractivity contribution is 5.92. The van der Waals surface area contributed by atoms with E-state index in [9.17, 15) is 0 Å². The molecule has 0 radical (unpaired) electrons. The lowest BCUT2D eigenvalue weighted by Gasteiger charge is -2.27. The predicted octanol–water partition coefficient (Wildman–Crippen LogP) is 3.83. The van der Waals surface area contributed by atoms with Gasteiger partial charge in [-0.3, -0.25) is 4.99 Å². The Kier molecular flexibility index (Phi) is 4.12. The van der Waals surface area contributed by atoms with Crippen LogP contribution in [0.5, 0.6) is 0 Å². The second-order valence-electron chi connectivity index (χ2n) is 4.54. The monoisotopic (exact) mass is 179 g/mol. The number of rotatable bonds is 3. The Bertz CT molecular complexity index is 228. The van der Waals surface area contributed by atoms with Gasteiger partial charge in [0.25, 0.3) is 0 Å². The summed E-state index contributed by atoms with van der Waals surface area (Å²) in [4.78, 5) is 4.37. The normalized spacial score (nSPS) is 15.3. The van der Waals surface area contributed by atoms with Crippen molar-refractivity contribution in [3.05, 3.63) is 24.9 Å². The fraction of sp³-hybridized carbons (Fsp3) is 0.583. The number of hydrogen-bond donors (Lipinski definition) is 0.